The van der Waals surface area contributed by atoms with Crippen molar-refractivity contribution in [3.63, 3.8) is 0 Å². The second-order valence-electron chi connectivity index (χ2n) is 13.8. The van der Waals surface area contributed by atoms with Crippen LogP contribution in [0.15, 0.2) is 44.8 Å². The predicted octanol–water partition coefficient (Wildman–Crippen LogP) is 2.35. The minimum absolute atomic E-state index is 0.0474. The Morgan fingerprint density at radius 2 is 1.55 bits per heavy atom. The summed E-state index contributed by atoms with van der Waals surface area (Å²) in [5.41, 5.74) is -2.37. The lowest BCUT2D eigenvalue weighted by Crippen LogP contribution is -2.43. The summed E-state index contributed by atoms with van der Waals surface area (Å²) in [7, 11) is 5.51. The number of unbranched alkanes of at least 4 members (excludes halogenated alkanes) is 1. The Hall–Kier alpha value is -7.15. The number of aliphatic carboxylic acids is 1. The molecule has 350 valence electrons. The van der Waals surface area contributed by atoms with Crippen molar-refractivity contribution in [1.82, 2.24) is 29.7 Å². The number of aromatic nitrogens is 5. The highest BCUT2D eigenvalue weighted by Gasteiger charge is 2.30. The van der Waals surface area contributed by atoms with Crippen LogP contribution in [0.5, 0.6) is 23.0 Å². The van der Waals surface area contributed by atoms with Crippen LogP contribution in [0.4, 0.5) is 0 Å². The minimum atomic E-state index is -1.23. The van der Waals surface area contributed by atoms with E-state index in [2.05, 4.69) is 20.6 Å². The van der Waals surface area contributed by atoms with E-state index in [0.29, 0.717) is 6.42 Å². The molecule has 0 saturated heterocycles. The minimum Gasteiger partial charge on any atom is -0.481 e. The number of rotatable bonds is 26. The van der Waals surface area contributed by atoms with Crippen LogP contribution in [0.3, 0.4) is 0 Å². The summed E-state index contributed by atoms with van der Waals surface area (Å²) in [5, 5.41) is 19.1. The predicted molar refractivity (Wildman–Crippen MR) is 222 cm³/mol. The number of esters is 2. The molecule has 0 fully saturated rings. The number of pyridine rings is 1. The lowest BCUT2D eigenvalue weighted by molar-refractivity contribution is -0.148. The fourth-order valence-electron chi connectivity index (χ4n) is 6.15. The van der Waals surface area contributed by atoms with Crippen molar-refractivity contribution < 1.29 is 76.1 Å². The molecule has 0 aliphatic heterocycles. The normalized spacial score (nSPS) is 11.6. The molecule has 0 aliphatic carbocycles. The molecule has 0 unspecified atom stereocenters. The zero-order valence-electron chi connectivity index (χ0n) is 36.4. The third-order valence-corrected chi connectivity index (χ3v) is 9.10. The molecule has 1 amide bonds. The highest BCUT2D eigenvalue weighted by Crippen LogP contribution is 2.39. The Morgan fingerprint density at radius 3 is 2.23 bits per heavy atom. The van der Waals surface area contributed by atoms with Gasteiger partial charge >= 0.3 is 17.9 Å². The SMILES string of the molecule is CCCCOC(=O)[C@H](CCC(=O)O)NC(=O)Cn1cc(COC(=O)c2c(OCOC)c(OCOC)cc3occ(-c4c(C)nc5cc(OCOC)c(OCOC)cn5c4=O)c(=O)c23)nn1. The van der Waals surface area contributed by atoms with Crippen LogP contribution in [0.25, 0.3) is 27.7 Å². The summed E-state index contributed by atoms with van der Waals surface area (Å²) in [4.78, 5) is 84.4. The molecule has 0 saturated carbocycles. The van der Waals surface area contributed by atoms with Crippen molar-refractivity contribution in [1.29, 1.82) is 0 Å². The Bertz CT molecular complexity index is 2610. The number of hydrogen-bond acceptors (Lipinski definition) is 20. The van der Waals surface area contributed by atoms with Gasteiger partial charge in [0.25, 0.3) is 5.56 Å². The molecular weight excluding hydrogens is 864 g/mol. The largest absolute Gasteiger partial charge is 0.481 e. The fraction of sp³-hybridized carbons (Fsp3) is 0.439. The van der Waals surface area contributed by atoms with Gasteiger partial charge in [-0.1, -0.05) is 18.6 Å². The number of carbonyl (C=O) groups is 4. The lowest BCUT2D eigenvalue weighted by atomic mass is 10.0. The molecule has 4 heterocycles. The number of hydrogen-bond donors (Lipinski definition) is 2. The van der Waals surface area contributed by atoms with Gasteiger partial charge < -0.3 is 62.2 Å². The first-order valence-electron chi connectivity index (χ1n) is 19.8. The lowest BCUT2D eigenvalue weighted by Gasteiger charge is -2.17. The van der Waals surface area contributed by atoms with Gasteiger partial charge in [-0.15, -0.1) is 5.10 Å². The van der Waals surface area contributed by atoms with Crippen molar-refractivity contribution in [2.24, 2.45) is 0 Å². The van der Waals surface area contributed by atoms with Gasteiger partial charge in [0.15, 0.2) is 50.2 Å². The van der Waals surface area contributed by atoms with Gasteiger partial charge in [0, 0.05) is 47.0 Å². The molecule has 0 bridgehead atoms. The number of carboxylic acid groups (broad SMARTS) is 1. The van der Waals surface area contributed by atoms with Crippen LogP contribution in [-0.2, 0) is 56.0 Å². The Labute approximate surface area is 369 Å². The maximum atomic E-state index is 14.7. The topological polar surface area (TPSA) is 288 Å². The van der Waals surface area contributed by atoms with Gasteiger partial charge in [0.2, 0.25) is 11.3 Å². The third-order valence-electron chi connectivity index (χ3n) is 9.10. The number of carbonyl (C=O) groups excluding carboxylic acids is 3. The monoisotopic (exact) mass is 912 g/mol. The Morgan fingerprint density at radius 1 is 0.877 bits per heavy atom. The van der Waals surface area contributed by atoms with E-state index in [9.17, 15) is 28.8 Å². The van der Waals surface area contributed by atoms with Crippen LogP contribution < -0.4 is 35.3 Å². The third kappa shape index (κ3) is 12.3. The van der Waals surface area contributed by atoms with Crippen molar-refractivity contribution in [3.05, 3.63) is 68.3 Å². The van der Waals surface area contributed by atoms with Gasteiger partial charge in [0.1, 0.15) is 47.9 Å². The number of fused-ring (bicyclic) bond motifs is 2. The van der Waals surface area contributed by atoms with Crippen molar-refractivity contribution in [3.8, 4) is 34.1 Å². The van der Waals surface area contributed by atoms with Crippen molar-refractivity contribution >= 4 is 40.4 Å². The Balaban J connectivity index is 1.51. The van der Waals surface area contributed by atoms with E-state index in [1.807, 2.05) is 6.92 Å². The zero-order chi connectivity index (χ0) is 47.0. The summed E-state index contributed by atoms with van der Waals surface area (Å²) >= 11 is 0. The van der Waals surface area contributed by atoms with E-state index < -0.39 is 72.8 Å². The number of methoxy groups -OCH3 is 4. The highest BCUT2D eigenvalue weighted by molar-refractivity contribution is 6.07. The number of ether oxygens (including phenoxy) is 10. The molecule has 0 aliphatic rings. The van der Waals surface area contributed by atoms with Crippen LogP contribution in [0, 0.1) is 6.92 Å². The van der Waals surface area contributed by atoms with Crippen molar-refractivity contribution in [2.45, 2.75) is 58.7 Å². The molecular formula is C41H48N6O18. The number of benzene rings is 1. The summed E-state index contributed by atoms with van der Waals surface area (Å²) in [6.07, 6.45) is 4.37. The average molecular weight is 913 g/mol. The van der Waals surface area contributed by atoms with Crippen LogP contribution in [0.2, 0.25) is 0 Å². The van der Waals surface area contributed by atoms with Crippen molar-refractivity contribution in [2.75, 3.05) is 62.2 Å². The Kier molecular flexibility index (Phi) is 17.7. The molecule has 24 heteroatoms. The maximum absolute atomic E-state index is 14.7. The molecule has 24 nitrogen and oxygen atoms in total. The molecule has 1 aromatic carbocycles. The molecule has 0 radical (unpaired) electrons. The quantitative estimate of drug-likeness (QED) is 0.0457. The standard InChI is InChI=1S/C41H48N6O18/c1-7-8-11-59-40(53)26(9-10-33(49)50)43-32(48)16-46-14-24(44-45-46)17-61-41(54)36-35-28(12-29(63-20-56-4)38(36)65-22-58-6)60-18-25(37(35)51)34-23(2)42-31-13-27(62-19-55-3)30(64-21-57-5)15-47(31)39(34)52/h12-15,18,26H,7-11,16-17,19-22H2,1-6H3,(H,43,48)(H,49,50)/t26-/m0/s1. The summed E-state index contributed by atoms with van der Waals surface area (Å²) in [5.74, 6) is -3.91. The number of carboxylic acids is 1. The number of nitrogens with one attached hydrogen (secondary N) is 1. The molecule has 65 heavy (non-hydrogen) atoms. The summed E-state index contributed by atoms with van der Waals surface area (Å²) in [6.45, 7) is 1.41. The van der Waals surface area contributed by atoms with E-state index in [1.165, 1.54) is 59.9 Å². The van der Waals surface area contributed by atoms with E-state index in [0.717, 1.165) is 21.8 Å². The first kappa shape index (κ1) is 48.9. The van der Waals surface area contributed by atoms with Gasteiger partial charge in [-0.2, -0.15) is 0 Å². The number of amides is 1. The zero-order valence-corrected chi connectivity index (χ0v) is 36.4. The van der Waals surface area contributed by atoms with Crippen LogP contribution in [0.1, 0.15) is 54.4 Å². The van der Waals surface area contributed by atoms with E-state index in [1.54, 1.807) is 0 Å². The summed E-state index contributed by atoms with van der Waals surface area (Å²) in [6, 6.07) is 1.50. The second-order valence-corrected chi connectivity index (χ2v) is 13.8. The highest BCUT2D eigenvalue weighted by atomic mass is 16.7. The molecule has 2 N–H and O–H groups in total. The smallest absolute Gasteiger partial charge is 0.343 e. The maximum Gasteiger partial charge on any atom is 0.343 e. The fourth-order valence-corrected chi connectivity index (χ4v) is 6.15. The second kappa shape index (κ2) is 23.5. The van der Waals surface area contributed by atoms with Gasteiger partial charge in [0.05, 0.1) is 41.2 Å². The van der Waals surface area contributed by atoms with Gasteiger partial charge in [-0.05, 0) is 19.8 Å². The van der Waals surface area contributed by atoms with Crippen LogP contribution in [-0.4, -0.2) is 122 Å². The van der Waals surface area contributed by atoms with E-state index in [-0.39, 0.29) is 95.5 Å². The molecule has 5 aromatic rings. The summed E-state index contributed by atoms with van der Waals surface area (Å²) < 4.78 is 61.9. The first-order valence-corrected chi connectivity index (χ1v) is 19.8. The number of aryl methyl sites for hydroxylation is 1. The van der Waals surface area contributed by atoms with E-state index in [4.69, 9.17) is 56.9 Å². The average Bonchev–Trinajstić information content (AvgIpc) is 3.73. The molecule has 0 spiro atoms. The van der Waals surface area contributed by atoms with Gasteiger partial charge in [-0.3, -0.25) is 23.6 Å². The molecule has 1 atom stereocenters. The number of nitrogens with zero attached hydrogens (tertiary/aromatic N) is 5. The van der Waals surface area contributed by atoms with Gasteiger partial charge in [-0.25, -0.2) is 19.3 Å². The first-order chi connectivity index (χ1) is 31.3. The molecule has 5 rings (SSSR count). The van der Waals surface area contributed by atoms with E-state index >= 15 is 0 Å². The van der Waals surface area contributed by atoms with Crippen LogP contribution >= 0.6 is 0 Å². The molecule has 4 aromatic heterocycles.